The Balaban J connectivity index is 0.000000140. The number of hydrogen-bond donors (Lipinski definition) is 1. The van der Waals surface area contributed by atoms with Gasteiger partial charge < -0.3 is 19.9 Å². The Morgan fingerprint density at radius 1 is 1.36 bits per heavy atom. The average molecular weight is 217 g/mol. The molecule has 0 aliphatic carbocycles. The van der Waals surface area contributed by atoms with Crippen LogP contribution in [-0.4, -0.2) is 61.3 Å². The molecule has 0 saturated carbocycles. The van der Waals surface area contributed by atoms with E-state index < -0.39 is 0 Å². The zero-order chi connectivity index (χ0) is 10.6. The molecule has 0 aromatic heterocycles. The molecule has 2 amide bonds. The number of amides is 2. The fourth-order valence-corrected chi connectivity index (χ4v) is 1.21. The second-order valence-corrected chi connectivity index (χ2v) is 3.54. The van der Waals surface area contributed by atoms with Crippen LogP contribution in [0.15, 0.2) is 0 Å². The van der Waals surface area contributed by atoms with E-state index in [2.05, 4.69) is 5.32 Å². The summed E-state index contributed by atoms with van der Waals surface area (Å²) in [5.41, 5.74) is 0. The highest BCUT2D eigenvalue weighted by atomic mass is 32.1. The molecule has 6 heteroatoms. The van der Waals surface area contributed by atoms with Gasteiger partial charge in [-0.1, -0.05) is 0 Å². The van der Waals surface area contributed by atoms with Crippen LogP contribution in [-0.2, 0) is 4.74 Å². The lowest BCUT2D eigenvalue weighted by Crippen LogP contribution is -2.23. The van der Waals surface area contributed by atoms with E-state index in [-0.39, 0.29) is 6.03 Å². The molecule has 0 bridgehead atoms. The maximum absolute atomic E-state index is 10.4. The van der Waals surface area contributed by atoms with Gasteiger partial charge in [-0.3, -0.25) is 0 Å². The molecule has 2 saturated heterocycles. The van der Waals surface area contributed by atoms with Crippen molar-refractivity contribution >= 4 is 23.4 Å². The van der Waals surface area contributed by atoms with Crippen molar-refractivity contribution in [3.05, 3.63) is 0 Å². The summed E-state index contributed by atoms with van der Waals surface area (Å²) in [6.07, 6.45) is 0. The molecule has 2 rings (SSSR count). The van der Waals surface area contributed by atoms with Gasteiger partial charge in [0.1, 0.15) is 6.61 Å². The topological polar surface area (TPSA) is 44.8 Å². The summed E-state index contributed by atoms with van der Waals surface area (Å²) in [6, 6.07) is 0.0417. The first kappa shape index (κ1) is 11.0. The summed E-state index contributed by atoms with van der Waals surface area (Å²) in [5, 5.41) is 3.28. The van der Waals surface area contributed by atoms with Gasteiger partial charge in [-0.2, -0.15) is 0 Å². The number of hydrogen-bond acceptors (Lipinski definition) is 3. The Morgan fingerprint density at radius 3 is 2.21 bits per heavy atom. The summed E-state index contributed by atoms with van der Waals surface area (Å²) in [5.74, 6) is 0. The number of ether oxygens (including phenoxy) is 1. The smallest absolute Gasteiger partial charge is 0.317 e. The zero-order valence-electron chi connectivity index (χ0n) is 8.45. The van der Waals surface area contributed by atoms with Gasteiger partial charge in [0.05, 0.1) is 6.54 Å². The fraction of sp³-hybridized carbons (Fsp3) is 0.750. The van der Waals surface area contributed by atoms with Crippen LogP contribution in [0.4, 0.5) is 4.79 Å². The molecule has 0 radical (unpaired) electrons. The van der Waals surface area contributed by atoms with Crippen LogP contribution in [0, 0.1) is 0 Å². The molecular formula is C8H15N3O2S. The second kappa shape index (κ2) is 4.99. The molecule has 2 aliphatic rings. The third kappa shape index (κ3) is 3.02. The Kier molecular flexibility index (Phi) is 3.94. The molecule has 14 heavy (non-hydrogen) atoms. The van der Waals surface area contributed by atoms with Crippen molar-refractivity contribution in [2.24, 2.45) is 0 Å². The molecule has 2 heterocycles. The summed E-state index contributed by atoms with van der Waals surface area (Å²) < 4.78 is 4.92. The number of likely N-dealkylation sites (N-methyl/N-ethyl adjacent to an activating group) is 2. The van der Waals surface area contributed by atoms with Crippen molar-refractivity contribution in [1.82, 2.24) is 15.1 Å². The van der Waals surface area contributed by atoms with Crippen LogP contribution in [0.1, 0.15) is 0 Å². The Bertz CT molecular complexity index is 211. The van der Waals surface area contributed by atoms with Crippen molar-refractivity contribution in [2.75, 3.05) is 40.3 Å². The maximum atomic E-state index is 10.4. The van der Waals surface area contributed by atoms with Crippen molar-refractivity contribution in [3.63, 3.8) is 0 Å². The SMILES string of the molecule is CN1CCNC1=O.CN1CCOC1=S. The highest BCUT2D eigenvalue weighted by molar-refractivity contribution is 7.80. The van der Waals surface area contributed by atoms with E-state index in [9.17, 15) is 4.79 Å². The molecule has 80 valence electrons. The van der Waals surface area contributed by atoms with E-state index in [1.54, 1.807) is 11.9 Å². The lowest BCUT2D eigenvalue weighted by Gasteiger charge is -2.02. The molecule has 0 spiro atoms. The van der Waals surface area contributed by atoms with Crippen molar-refractivity contribution in [2.45, 2.75) is 0 Å². The predicted octanol–water partition coefficient (Wildman–Crippen LogP) is -0.125. The molecular weight excluding hydrogens is 202 g/mol. The molecule has 0 atom stereocenters. The second-order valence-electron chi connectivity index (χ2n) is 3.19. The number of urea groups is 1. The lowest BCUT2D eigenvalue weighted by atomic mass is 10.7. The number of carbonyl (C=O) groups is 1. The zero-order valence-corrected chi connectivity index (χ0v) is 9.26. The third-order valence-electron chi connectivity index (χ3n) is 2.03. The highest BCUT2D eigenvalue weighted by Crippen LogP contribution is 1.97. The van der Waals surface area contributed by atoms with Gasteiger partial charge in [-0.15, -0.1) is 0 Å². The normalized spacial score (nSPS) is 20.1. The van der Waals surface area contributed by atoms with Gasteiger partial charge >= 0.3 is 6.03 Å². The van der Waals surface area contributed by atoms with Gasteiger partial charge in [-0.05, 0) is 12.2 Å². The molecule has 0 aromatic rings. The van der Waals surface area contributed by atoms with Crippen LogP contribution < -0.4 is 5.32 Å². The molecule has 2 aliphatic heterocycles. The first-order chi connectivity index (χ1) is 6.61. The van der Waals surface area contributed by atoms with Crippen LogP contribution in [0.5, 0.6) is 0 Å². The number of rotatable bonds is 0. The van der Waals surface area contributed by atoms with E-state index in [1.807, 2.05) is 11.9 Å². The molecule has 2 fully saturated rings. The number of nitrogens with one attached hydrogen (secondary N) is 1. The maximum Gasteiger partial charge on any atom is 0.317 e. The summed E-state index contributed by atoms with van der Waals surface area (Å²) in [4.78, 5) is 14.0. The molecule has 5 nitrogen and oxygen atoms in total. The van der Waals surface area contributed by atoms with Gasteiger partial charge in [0.25, 0.3) is 5.17 Å². The van der Waals surface area contributed by atoms with E-state index in [0.717, 1.165) is 26.2 Å². The number of nitrogens with zero attached hydrogens (tertiary/aromatic N) is 2. The van der Waals surface area contributed by atoms with Crippen LogP contribution in [0.3, 0.4) is 0 Å². The quantitative estimate of drug-likeness (QED) is 0.574. The van der Waals surface area contributed by atoms with Gasteiger partial charge in [0.15, 0.2) is 0 Å². The molecule has 1 N–H and O–H groups in total. The standard InChI is InChI=1S/C4H8N2O.C4H7NOS/c1-6-3-2-5-4(6)7;1-5-2-3-6-4(5)7/h2-3H2,1H3,(H,5,7);2-3H2,1H3. The van der Waals surface area contributed by atoms with Crippen LogP contribution in [0.25, 0.3) is 0 Å². The van der Waals surface area contributed by atoms with Crippen LogP contribution >= 0.6 is 12.2 Å². The Morgan fingerprint density at radius 2 is 2.07 bits per heavy atom. The molecule has 0 aromatic carbocycles. The predicted molar refractivity (Wildman–Crippen MR) is 57.2 cm³/mol. The van der Waals surface area contributed by atoms with E-state index >= 15 is 0 Å². The minimum Gasteiger partial charge on any atom is -0.469 e. The average Bonchev–Trinajstić information content (AvgIpc) is 2.67. The minimum absolute atomic E-state index is 0.0417. The van der Waals surface area contributed by atoms with E-state index in [0.29, 0.717) is 5.17 Å². The minimum atomic E-state index is 0.0417. The molecule has 0 unspecified atom stereocenters. The van der Waals surface area contributed by atoms with Crippen molar-refractivity contribution in [3.8, 4) is 0 Å². The van der Waals surface area contributed by atoms with Gasteiger partial charge in [0.2, 0.25) is 0 Å². The largest absolute Gasteiger partial charge is 0.469 e. The summed E-state index contributed by atoms with van der Waals surface area (Å²) in [6.45, 7) is 3.35. The first-order valence-electron chi connectivity index (χ1n) is 4.48. The Labute approximate surface area is 89.0 Å². The lowest BCUT2D eigenvalue weighted by molar-refractivity contribution is 0.226. The summed E-state index contributed by atoms with van der Waals surface area (Å²) in [7, 11) is 3.71. The number of thiocarbonyl (C=S) groups is 1. The first-order valence-corrected chi connectivity index (χ1v) is 4.89. The van der Waals surface area contributed by atoms with E-state index in [1.165, 1.54) is 0 Å². The third-order valence-corrected chi connectivity index (χ3v) is 2.46. The van der Waals surface area contributed by atoms with Crippen molar-refractivity contribution in [1.29, 1.82) is 0 Å². The fourth-order valence-electron chi connectivity index (χ4n) is 1.04. The van der Waals surface area contributed by atoms with Crippen LogP contribution in [0.2, 0.25) is 0 Å². The highest BCUT2D eigenvalue weighted by Gasteiger charge is 2.12. The summed E-state index contributed by atoms with van der Waals surface area (Å²) >= 11 is 4.75. The number of carbonyl (C=O) groups excluding carboxylic acids is 1. The van der Waals surface area contributed by atoms with Crippen molar-refractivity contribution < 1.29 is 9.53 Å². The van der Waals surface area contributed by atoms with Gasteiger partial charge in [0, 0.05) is 27.2 Å². The monoisotopic (exact) mass is 217 g/mol. The van der Waals surface area contributed by atoms with E-state index in [4.69, 9.17) is 17.0 Å². The van der Waals surface area contributed by atoms with Gasteiger partial charge in [-0.25, -0.2) is 4.79 Å². The Hall–Kier alpha value is -1.04.